The van der Waals surface area contributed by atoms with Gasteiger partial charge >= 0.3 is 6.09 Å². The Morgan fingerprint density at radius 1 is 1.16 bits per heavy atom. The molecule has 4 amide bonds. The van der Waals surface area contributed by atoms with Crippen LogP contribution in [0.2, 0.25) is 0 Å². The topological polar surface area (TPSA) is 193 Å². The fourth-order valence-electron chi connectivity index (χ4n) is 7.20. The molecule has 7 atom stereocenters. The molecule has 4 aliphatic rings. The van der Waals surface area contributed by atoms with E-state index in [0.717, 1.165) is 0 Å². The molecule has 14 nitrogen and oxygen atoms in total. The Bertz CT molecular complexity index is 1940. The highest BCUT2D eigenvalue weighted by Crippen LogP contribution is 2.47. The molecule has 2 aromatic rings. The molecule has 270 valence electrons. The van der Waals surface area contributed by atoms with Crippen LogP contribution in [0.4, 0.5) is 4.79 Å². The highest BCUT2D eigenvalue weighted by atomic mass is 32.2. The first-order valence-corrected chi connectivity index (χ1v) is 18.4. The number of sulfonamides is 1. The number of pyridine rings is 1. The first kappa shape index (κ1) is 31.6. The normalized spacial score (nSPS) is 32.7. The van der Waals surface area contributed by atoms with Gasteiger partial charge in [-0.05, 0) is 63.4 Å². The average Bonchev–Trinajstić information content (AvgIpc) is 3.95. The zero-order valence-electron chi connectivity index (χ0n) is 31.2. The van der Waals surface area contributed by atoms with Gasteiger partial charge in [0, 0.05) is 23.1 Å². The number of fused-ring (bicyclic) bond motifs is 3. The lowest BCUT2D eigenvalue weighted by Gasteiger charge is -2.32. The number of nitrogens with one attached hydrogen (secondary N) is 3. The first-order chi connectivity index (χ1) is 24.8. The SMILES string of the molecule is [2H]C([2H])([2H])Oc1cnc(O[C@@H]2C[C@H]3C(=O)N[C@]4(C(=O)NS(=O)(=O)C5(C)CC5)C[C@H]4/C=C\CC[C@@H](C)C[C@@H](C)[C@H](NC(=O)O)C(=O)N3C2)c2ccccc12. The van der Waals surface area contributed by atoms with Crippen LogP contribution < -0.4 is 24.8 Å². The number of hydrogen-bond donors (Lipinski definition) is 4. The van der Waals surface area contributed by atoms with Crippen LogP contribution in [0.3, 0.4) is 0 Å². The summed E-state index contributed by atoms with van der Waals surface area (Å²) in [5.41, 5.74) is -1.59. The van der Waals surface area contributed by atoms with Crippen LogP contribution in [-0.2, 0) is 24.4 Å². The maximum atomic E-state index is 14.4. The number of rotatable bonds is 7. The average molecular weight is 715 g/mol. The van der Waals surface area contributed by atoms with E-state index in [1.54, 1.807) is 38.1 Å². The molecule has 0 spiro atoms. The molecule has 0 bridgehead atoms. The molecular weight excluding hydrogens is 666 g/mol. The molecular formula is C35H45N5O9S. The number of nitrogens with zero attached hydrogens (tertiary/aromatic N) is 2. The van der Waals surface area contributed by atoms with Gasteiger partial charge in [-0.2, -0.15) is 0 Å². The number of aromatic nitrogens is 1. The second-order valence-corrected chi connectivity index (χ2v) is 16.7. The molecule has 1 aromatic heterocycles. The number of hydrogen-bond acceptors (Lipinski definition) is 9. The van der Waals surface area contributed by atoms with Gasteiger partial charge in [0.15, 0.2) is 0 Å². The predicted octanol–water partition coefficient (Wildman–Crippen LogP) is 3.11. The van der Waals surface area contributed by atoms with Crippen LogP contribution in [0.5, 0.6) is 11.6 Å². The van der Waals surface area contributed by atoms with Crippen molar-refractivity contribution in [3.05, 3.63) is 42.6 Å². The van der Waals surface area contributed by atoms with Crippen molar-refractivity contribution in [2.45, 2.75) is 94.2 Å². The molecule has 4 N–H and O–H groups in total. The fraction of sp³-hybridized carbons (Fsp3) is 0.571. The summed E-state index contributed by atoms with van der Waals surface area (Å²) < 4.78 is 61.4. The molecule has 3 heterocycles. The maximum Gasteiger partial charge on any atom is 0.405 e. The molecule has 0 unspecified atom stereocenters. The van der Waals surface area contributed by atoms with Gasteiger partial charge in [0.2, 0.25) is 27.7 Å². The van der Waals surface area contributed by atoms with Crippen molar-refractivity contribution in [1.29, 1.82) is 0 Å². The third-order valence-corrected chi connectivity index (χ3v) is 12.8. The van der Waals surface area contributed by atoms with E-state index in [1.165, 1.54) is 11.1 Å². The van der Waals surface area contributed by atoms with E-state index in [2.05, 4.69) is 20.3 Å². The maximum absolute atomic E-state index is 14.4. The molecule has 1 saturated heterocycles. The molecule has 1 aromatic carbocycles. The van der Waals surface area contributed by atoms with Crippen molar-refractivity contribution in [1.82, 2.24) is 25.2 Å². The molecule has 2 aliphatic heterocycles. The Morgan fingerprint density at radius 3 is 2.60 bits per heavy atom. The number of carboxylic acid groups (broad SMARTS) is 1. The summed E-state index contributed by atoms with van der Waals surface area (Å²) in [4.78, 5) is 60.0. The lowest BCUT2D eigenvalue weighted by atomic mass is 9.88. The molecule has 3 fully saturated rings. The van der Waals surface area contributed by atoms with Crippen LogP contribution in [0, 0.1) is 17.8 Å². The zero-order valence-corrected chi connectivity index (χ0v) is 29.0. The molecule has 0 radical (unpaired) electrons. The number of benzene rings is 1. The van der Waals surface area contributed by atoms with E-state index in [9.17, 15) is 32.7 Å². The van der Waals surface area contributed by atoms with Crippen LogP contribution >= 0.6 is 0 Å². The summed E-state index contributed by atoms with van der Waals surface area (Å²) in [6, 6.07) is 4.23. The Kier molecular flexibility index (Phi) is 8.45. The van der Waals surface area contributed by atoms with Gasteiger partial charge in [0.05, 0.1) is 28.6 Å². The van der Waals surface area contributed by atoms with Gasteiger partial charge < -0.3 is 30.1 Å². The molecule has 2 saturated carbocycles. The molecule has 50 heavy (non-hydrogen) atoms. The van der Waals surface area contributed by atoms with E-state index < -0.39 is 81.2 Å². The van der Waals surface area contributed by atoms with Gasteiger partial charge in [-0.15, -0.1) is 0 Å². The van der Waals surface area contributed by atoms with Crippen molar-refractivity contribution in [3.8, 4) is 11.6 Å². The van der Waals surface area contributed by atoms with Crippen molar-refractivity contribution in [2.24, 2.45) is 17.8 Å². The second-order valence-electron chi connectivity index (χ2n) is 14.5. The Balaban J connectivity index is 1.34. The predicted molar refractivity (Wildman–Crippen MR) is 183 cm³/mol. The van der Waals surface area contributed by atoms with Crippen molar-refractivity contribution in [2.75, 3.05) is 13.6 Å². The van der Waals surface area contributed by atoms with Gasteiger partial charge in [0.1, 0.15) is 29.5 Å². The summed E-state index contributed by atoms with van der Waals surface area (Å²) in [5.74, 6) is -3.02. The summed E-state index contributed by atoms with van der Waals surface area (Å²) in [6.45, 7) is 5.17. The minimum Gasteiger partial charge on any atom is -0.494 e. The molecule has 6 rings (SSSR count). The summed E-state index contributed by atoms with van der Waals surface area (Å²) in [6.07, 6.45) is 5.37. The number of carbonyl (C=O) groups excluding carboxylic acids is 3. The summed E-state index contributed by atoms with van der Waals surface area (Å²) in [5, 5.41) is 15.7. The summed E-state index contributed by atoms with van der Waals surface area (Å²) in [7, 11) is -6.77. The Morgan fingerprint density at radius 2 is 1.90 bits per heavy atom. The van der Waals surface area contributed by atoms with Crippen LogP contribution in [0.15, 0.2) is 42.6 Å². The van der Waals surface area contributed by atoms with E-state index in [4.69, 9.17) is 13.6 Å². The van der Waals surface area contributed by atoms with Crippen molar-refractivity contribution >= 4 is 44.6 Å². The summed E-state index contributed by atoms with van der Waals surface area (Å²) >= 11 is 0. The number of methoxy groups -OCH3 is 1. The van der Waals surface area contributed by atoms with Crippen molar-refractivity contribution in [3.63, 3.8) is 0 Å². The van der Waals surface area contributed by atoms with E-state index >= 15 is 0 Å². The Labute approximate surface area is 295 Å². The quantitative estimate of drug-likeness (QED) is 0.310. The third-order valence-electron chi connectivity index (χ3n) is 10.6. The van der Waals surface area contributed by atoms with Gasteiger partial charge in [-0.1, -0.05) is 44.2 Å². The van der Waals surface area contributed by atoms with E-state index in [0.29, 0.717) is 42.9 Å². The number of carbonyl (C=O) groups is 4. The number of amides is 4. The number of allylic oxidation sites excluding steroid dienone is 1. The largest absolute Gasteiger partial charge is 0.494 e. The second kappa shape index (κ2) is 13.4. The molecule has 2 aliphatic carbocycles. The minimum atomic E-state index is -4.03. The molecule has 15 heteroatoms. The first-order valence-electron chi connectivity index (χ1n) is 18.4. The smallest absolute Gasteiger partial charge is 0.405 e. The van der Waals surface area contributed by atoms with Gasteiger partial charge in [0.25, 0.3) is 5.91 Å². The lowest BCUT2D eigenvalue weighted by Crippen LogP contribution is -2.59. The van der Waals surface area contributed by atoms with Crippen LogP contribution in [-0.4, -0.2) is 89.3 Å². The van der Waals surface area contributed by atoms with E-state index in [1.807, 2.05) is 19.1 Å². The Hall–Kier alpha value is -4.40. The van der Waals surface area contributed by atoms with Gasteiger partial charge in [-0.3, -0.25) is 19.1 Å². The highest BCUT2D eigenvalue weighted by Gasteiger charge is 2.63. The minimum absolute atomic E-state index is 0.00157. The standard InChI is InChI=1S/C35H45N5O9S/c1-20-9-5-6-10-22-17-35(22,32(43)39-50(46,47)34(3)13-14-34)38-29(41)26-16-23(19-40(26)31(42)28(21(2)15-20)37-33(44)45)49-30-25-12-8-7-11-24(25)27(48-4)18-36-30/h6-8,10-12,18,20-23,26,28,37H,5,9,13-17,19H2,1-4H3,(H,38,41)(H,39,43)(H,44,45)/b10-6-/t20-,21-,22-,23-,26+,28+,35-/m1/s1/i4D3. The lowest BCUT2D eigenvalue weighted by molar-refractivity contribution is -0.142. The third kappa shape index (κ3) is 6.83. The van der Waals surface area contributed by atoms with Crippen molar-refractivity contribution < 1.29 is 46.3 Å². The number of ether oxygens (including phenoxy) is 2. The fourth-order valence-corrected chi connectivity index (χ4v) is 8.52. The highest BCUT2D eigenvalue weighted by molar-refractivity contribution is 7.91. The van der Waals surface area contributed by atoms with Crippen LogP contribution in [0.25, 0.3) is 10.8 Å². The van der Waals surface area contributed by atoms with E-state index in [-0.39, 0.29) is 36.9 Å². The van der Waals surface area contributed by atoms with Gasteiger partial charge in [-0.25, -0.2) is 18.2 Å². The zero-order chi connectivity index (χ0) is 38.5. The monoisotopic (exact) mass is 714 g/mol. The van der Waals surface area contributed by atoms with Crippen LogP contribution in [0.1, 0.15) is 69.8 Å².